The lowest BCUT2D eigenvalue weighted by Gasteiger charge is -2.13. The van der Waals surface area contributed by atoms with Crippen LogP contribution in [0.3, 0.4) is 0 Å². The van der Waals surface area contributed by atoms with E-state index in [9.17, 15) is 20.0 Å². The molecule has 0 aromatic heterocycles. The standard InChI is InChI=1S/C13H18N2O6/c1-9(16)11-7-10(15(18)19)3-4-12(11)21-8-13(17)14-5-6-20-2/h3-4,7,9,16H,5-6,8H2,1-2H3,(H,14,17)/t9-/m0/s1. The predicted molar refractivity (Wildman–Crippen MR) is 74.1 cm³/mol. The van der Waals surface area contributed by atoms with Gasteiger partial charge in [-0.3, -0.25) is 14.9 Å². The van der Waals surface area contributed by atoms with Gasteiger partial charge in [-0.15, -0.1) is 0 Å². The highest BCUT2D eigenvalue weighted by Gasteiger charge is 2.16. The lowest BCUT2D eigenvalue weighted by atomic mass is 10.1. The molecule has 1 atom stereocenters. The van der Waals surface area contributed by atoms with Crippen LogP contribution in [0.2, 0.25) is 0 Å². The SMILES string of the molecule is COCCNC(=O)COc1ccc([N+](=O)[O-])cc1[C@H](C)O. The van der Waals surface area contributed by atoms with E-state index in [1.54, 1.807) is 0 Å². The smallest absolute Gasteiger partial charge is 0.270 e. The van der Waals surface area contributed by atoms with E-state index in [1.807, 2.05) is 0 Å². The maximum absolute atomic E-state index is 11.5. The Hall–Kier alpha value is -2.19. The number of aliphatic hydroxyl groups is 1. The van der Waals surface area contributed by atoms with E-state index in [1.165, 1.54) is 32.2 Å². The van der Waals surface area contributed by atoms with Crippen LogP contribution in [-0.2, 0) is 9.53 Å². The highest BCUT2D eigenvalue weighted by molar-refractivity contribution is 5.77. The third-order valence-corrected chi connectivity index (χ3v) is 2.64. The van der Waals surface area contributed by atoms with Crippen molar-refractivity contribution in [2.24, 2.45) is 0 Å². The molecule has 0 unspecified atom stereocenters. The quantitative estimate of drug-likeness (QED) is 0.417. The first-order valence-corrected chi connectivity index (χ1v) is 6.30. The van der Waals surface area contributed by atoms with Gasteiger partial charge in [-0.1, -0.05) is 0 Å². The van der Waals surface area contributed by atoms with Crippen molar-refractivity contribution in [2.45, 2.75) is 13.0 Å². The number of carbonyl (C=O) groups is 1. The van der Waals surface area contributed by atoms with Crippen LogP contribution in [0.15, 0.2) is 18.2 Å². The van der Waals surface area contributed by atoms with Gasteiger partial charge in [-0.2, -0.15) is 0 Å². The summed E-state index contributed by atoms with van der Waals surface area (Å²) in [5.41, 5.74) is 0.108. The van der Waals surface area contributed by atoms with Crippen LogP contribution in [0.5, 0.6) is 5.75 Å². The Morgan fingerprint density at radius 2 is 2.24 bits per heavy atom. The second-order valence-electron chi connectivity index (χ2n) is 4.29. The average molecular weight is 298 g/mol. The van der Waals surface area contributed by atoms with Crippen molar-refractivity contribution in [3.8, 4) is 5.75 Å². The number of aliphatic hydroxyl groups excluding tert-OH is 1. The minimum absolute atomic E-state index is 0.150. The zero-order valence-electron chi connectivity index (χ0n) is 11.9. The number of rotatable bonds is 8. The maximum atomic E-state index is 11.5. The molecule has 8 nitrogen and oxygen atoms in total. The molecular weight excluding hydrogens is 280 g/mol. The summed E-state index contributed by atoms with van der Waals surface area (Å²) >= 11 is 0. The summed E-state index contributed by atoms with van der Waals surface area (Å²) in [4.78, 5) is 21.6. The van der Waals surface area contributed by atoms with Crippen LogP contribution < -0.4 is 10.1 Å². The highest BCUT2D eigenvalue weighted by atomic mass is 16.6. The third kappa shape index (κ3) is 5.36. The fourth-order valence-corrected chi connectivity index (χ4v) is 1.59. The number of methoxy groups -OCH3 is 1. The average Bonchev–Trinajstić information content (AvgIpc) is 2.45. The number of nitrogens with one attached hydrogen (secondary N) is 1. The highest BCUT2D eigenvalue weighted by Crippen LogP contribution is 2.29. The Balaban J connectivity index is 2.70. The van der Waals surface area contributed by atoms with Gasteiger partial charge in [0.15, 0.2) is 6.61 Å². The van der Waals surface area contributed by atoms with Crippen molar-refractivity contribution in [3.63, 3.8) is 0 Å². The summed E-state index contributed by atoms with van der Waals surface area (Å²) in [6, 6.07) is 3.84. The van der Waals surface area contributed by atoms with Gasteiger partial charge in [0.05, 0.1) is 17.6 Å². The van der Waals surface area contributed by atoms with Crippen molar-refractivity contribution in [2.75, 3.05) is 26.9 Å². The summed E-state index contributed by atoms with van der Waals surface area (Å²) < 4.78 is 10.1. The van der Waals surface area contributed by atoms with Crippen LogP contribution in [0, 0.1) is 10.1 Å². The molecule has 2 N–H and O–H groups in total. The first kappa shape index (κ1) is 16.9. The molecule has 0 aliphatic carbocycles. The van der Waals surface area contributed by atoms with Crippen LogP contribution in [0.4, 0.5) is 5.69 Å². The molecule has 0 radical (unpaired) electrons. The van der Waals surface area contributed by atoms with Gasteiger partial charge >= 0.3 is 0 Å². The normalized spacial score (nSPS) is 11.8. The van der Waals surface area contributed by atoms with Crippen molar-refractivity contribution >= 4 is 11.6 Å². The molecule has 21 heavy (non-hydrogen) atoms. The summed E-state index contributed by atoms with van der Waals surface area (Å²) in [5, 5.41) is 22.9. The number of non-ortho nitro benzene ring substituents is 1. The second-order valence-corrected chi connectivity index (χ2v) is 4.29. The van der Waals surface area contributed by atoms with Gasteiger partial charge in [0.25, 0.3) is 11.6 Å². The molecule has 1 aromatic rings. The molecule has 0 spiro atoms. The molecule has 1 rings (SSSR count). The Bertz CT molecular complexity index is 503. The van der Waals surface area contributed by atoms with Crippen molar-refractivity contribution in [1.29, 1.82) is 0 Å². The van der Waals surface area contributed by atoms with Crippen molar-refractivity contribution < 1.29 is 24.3 Å². The Morgan fingerprint density at radius 3 is 2.81 bits per heavy atom. The van der Waals surface area contributed by atoms with Gasteiger partial charge in [0, 0.05) is 31.4 Å². The minimum Gasteiger partial charge on any atom is -0.483 e. The lowest BCUT2D eigenvalue weighted by molar-refractivity contribution is -0.385. The third-order valence-electron chi connectivity index (χ3n) is 2.64. The van der Waals surface area contributed by atoms with Crippen LogP contribution >= 0.6 is 0 Å². The fraction of sp³-hybridized carbons (Fsp3) is 0.462. The van der Waals surface area contributed by atoms with Gasteiger partial charge in [0.2, 0.25) is 0 Å². The van der Waals surface area contributed by atoms with E-state index < -0.39 is 11.0 Å². The number of hydrogen-bond acceptors (Lipinski definition) is 6. The number of benzene rings is 1. The first-order chi connectivity index (χ1) is 9.95. The molecule has 116 valence electrons. The van der Waals surface area contributed by atoms with E-state index in [0.29, 0.717) is 13.2 Å². The van der Waals surface area contributed by atoms with E-state index in [-0.39, 0.29) is 29.5 Å². The molecule has 1 amide bonds. The Kier molecular flexibility index (Phi) is 6.57. The molecule has 0 aliphatic rings. The number of carbonyl (C=O) groups excluding carboxylic acids is 1. The molecular formula is C13H18N2O6. The summed E-state index contributed by atoms with van der Waals surface area (Å²) in [6.07, 6.45) is -0.948. The minimum atomic E-state index is -0.948. The molecule has 0 fully saturated rings. The molecule has 0 saturated heterocycles. The first-order valence-electron chi connectivity index (χ1n) is 6.30. The monoisotopic (exact) mass is 298 g/mol. The Morgan fingerprint density at radius 1 is 1.52 bits per heavy atom. The van der Waals surface area contributed by atoms with E-state index in [0.717, 1.165) is 0 Å². The van der Waals surface area contributed by atoms with Crippen LogP contribution in [0.1, 0.15) is 18.6 Å². The molecule has 0 bridgehead atoms. The van der Waals surface area contributed by atoms with E-state index >= 15 is 0 Å². The van der Waals surface area contributed by atoms with Crippen molar-refractivity contribution in [1.82, 2.24) is 5.32 Å². The number of nitrogens with zero attached hydrogens (tertiary/aromatic N) is 1. The molecule has 0 heterocycles. The van der Waals surface area contributed by atoms with Gasteiger partial charge in [-0.25, -0.2) is 0 Å². The second kappa shape index (κ2) is 8.18. The fourth-order valence-electron chi connectivity index (χ4n) is 1.59. The maximum Gasteiger partial charge on any atom is 0.270 e. The molecule has 0 saturated carbocycles. The topological polar surface area (TPSA) is 111 Å². The van der Waals surface area contributed by atoms with Crippen LogP contribution in [0.25, 0.3) is 0 Å². The summed E-state index contributed by atoms with van der Waals surface area (Å²) in [6.45, 7) is 1.97. The van der Waals surface area contributed by atoms with Crippen molar-refractivity contribution in [3.05, 3.63) is 33.9 Å². The largest absolute Gasteiger partial charge is 0.483 e. The predicted octanol–water partition coefficient (Wildman–Crippen LogP) is 0.789. The zero-order chi connectivity index (χ0) is 15.8. The number of ether oxygens (including phenoxy) is 2. The number of hydrogen-bond donors (Lipinski definition) is 2. The molecule has 1 aromatic carbocycles. The van der Waals surface area contributed by atoms with E-state index in [4.69, 9.17) is 9.47 Å². The lowest BCUT2D eigenvalue weighted by Crippen LogP contribution is -2.31. The summed E-state index contributed by atoms with van der Waals surface area (Å²) in [5.74, 6) is -0.112. The zero-order valence-corrected chi connectivity index (χ0v) is 11.9. The summed E-state index contributed by atoms with van der Waals surface area (Å²) in [7, 11) is 1.52. The number of amides is 1. The van der Waals surface area contributed by atoms with Gasteiger partial charge in [-0.05, 0) is 13.0 Å². The van der Waals surface area contributed by atoms with Gasteiger partial charge < -0.3 is 19.9 Å². The number of nitro groups is 1. The van der Waals surface area contributed by atoms with Crippen LogP contribution in [-0.4, -0.2) is 42.8 Å². The van der Waals surface area contributed by atoms with E-state index in [2.05, 4.69) is 5.32 Å². The molecule has 8 heteroatoms. The number of nitro benzene ring substituents is 1. The Labute approximate surface area is 121 Å². The molecule has 0 aliphatic heterocycles. The van der Waals surface area contributed by atoms with Gasteiger partial charge in [0.1, 0.15) is 5.75 Å².